The predicted molar refractivity (Wildman–Crippen MR) is 117 cm³/mol. The Hall–Kier alpha value is -4.12. The number of nitrogens with zero attached hydrogens (tertiary/aromatic N) is 2. The molecule has 170 valence electrons. The van der Waals surface area contributed by atoms with Gasteiger partial charge in [-0.2, -0.15) is 18.3 Å². The van der Waals surface area contributed by atoms with Gasteiger partial charge in [0.2, 0.25) is 0 Å². The summed E-state index contributed by atoms with van der Waals surface area (Å²) in [6.45, 7) is 3.16. The number of anilines is 2. The van der Waals surface area contributed by atoms with Gasteiger partial charge in [-0.1, -0.05) is 11.6 Å². The van der Waals surface area contributed by atoms with E-state index in [1.165, 1.54) is 30.5 Å². The smallest absolute Gasteiger partial charge is 0.417 e. The lowest BCUT2D eigenvalue weighted by Gasteiger charge is -2.12. The summed E-state index contributed by atoms with van der Waals surface area (Å²) in [5.41, 5.74) is 1.46. The van der Waals surface area contributed by atoms with E-state index < -0.39 is 28.7 Å². The van der Waals surface area contributed by atoms with Crippen LogP contribution in [-0.2, 0) is 6.18 Å². The first-order valence-corrected chi connectivity index (χ1v) is 9.48. The molecule has 3 aromatic rings. The van der Waals surface area contributed by atoms with Crippen molar-refractivity contribution in [2.45, 2.75) is 6.18 Å². The molecule has 0 spiro atoms. The molecule has 3 rings (SSSR count). The second-order valence-corrected chi connectivity index (χ2v) is 6.78. The standard InChI is InChI=1S/C21H15ClF3N5O3/c1-26-30-19(31)18-11-15(8-9-27-18)33-14-5-2-12(3-6-14)28-20(32)29-13-4-7-17(22)16(10-13)21(23,24)25/h2-11H,1H2,(H,30,31)(H2,28,29,32). The van der Waals surface area contributed by atoms with Gasteiger partial charge < -0.3 is 15.4 Å². The third-order valence-electron chi connectivity index (χ3n) is 4.02. The second kappa shape index (κ2) is 10.0. The van der Waals surface area contributed by atoms with E-state index in [2.05, 4.69) is 32.9 Å². The molecule has 0 fully saturated rings. The van der Waals surface area contributed by atoms with Gasteiger partial charge >= 0.3 is 12.2 Å². The number of carbonyl (C=O) groups excluding carboxylic acids is 2. The van der Waals surface area contributed by atoms with E-state index >= 15 is 0 Å². The molecule has 0 saturated carbocycles. The Morgan fingerprint density at radius 2 is 1.64 bits per heavy atom. The van der Waals surface area contributed by atoms with Crippen molar-refractivity contribution in [2.75, 3.05) is 10.6 Å². The number of ether oxygens (including phenoxy) is 1. The van der Waals surface area contributed by atoms with Gasteiger partial charge in [0.15, 0.2) is 0 Å². The van der Waals surface area contributed by atoms with Gasteiger partial charge in [-0.25, -0.2) is 10.2 Å². The van der Waals surface area contributed by atoms with Crippen LogP contribution in [0.1, 0.15) is 16.1 Å². The predicted octanol–water partition coefficient (Wildman–Crippen LogP) is 5.54. The Labute approximate surface area is 190 Å². The fourth-order valence-electron chi connectivity index (χ4n) is 2.58. The van der Waals surface area contributed by atoms with Crippen molar-refractivity contribution in [1.29, 1.82) is 0 Å². The van der Waals surface area contributed by atoms with E-state index in [-0.39, 0.29) is 11.4 Å². The van der Waals surface area contributed by atoms with Crippen LogP contribution in [0.4, 0.5) is 29.3 Å². The van der Waals surface area contributed by atoms with Crippen LogP contribution >= 0.6 is 11.6 Å². The average molecular weight is 478 g/mol. The molecular weight excluding hydrogens is 463 g/mol. The topological polar surface area (TPSA) is 105 Å². The molecule has 0 aliphatic heterocycles. The first-order chi connectivity index (χ1) is 15.7. The summed E-state index contributed by atoms with van der Waals surface area (Å²) in [5.74, 6) is 0.179. The third-order valence-corrected chi connectivity index (χ3v) is 4.35. The number of aromatic nitrogens is 1. The largest absolute Gasteiger partial charge is 0.457 e. The molecule has 0 atom stereocenters. The minimum Gasteiger partial charge on any atom is -0.457 e. The third kappa shape index (κ3) is 6.43. The molecule has 0 aliphatic carbocycles. The number of nitrogens with one attached hydrogen (secondary N) is 3. The number of hydrogen-bond donors (Lipinski definition) is 3. The minimum atomic E-state index is -4.65. The van der Waals surface area contributed by atoms with Crippen LogP contribution in [0.25, 0.3) is 0 Å². The second-order valence-electron chi connectivity index (χ2n) is 6.37. The van der Waals surface area contributed by atoms with Crippen LogP contribution in [-0.4, -0.2) is 23.6 Å². The molecule has 3 N–H and O–H groups in total. The van der Waals surface area contributed by atoms with Crippen molar-refractivity contribution in [3.05, 3.63) is 77.1 Å². The van der Waals surface area contributed by atoms with Crippen molar-refractivity contribution < 1.29 is 27.5 Å². The van der Waals surface area contributed by atoms with Gasteiger partial charge in [0.1, 0.15) is 17.2 Å². The van der Waals surface area contributed by atoms with Gasteiger partial charge in [0, 0.05) is 30.4 Å². The van der Waals surface area contributed by atoms with E-state index in [4.69, 9.17) is 16.3 Å². The van der Waals surface area contributed by atoms with Gasteiger partial charge in [0.05, 0.1) is 10.6 Å². The van der Waals surface area contributed by atoms with Gasteiger partial charge in [-0.05, 0) is 48.5 Å². The molecule has 1 heterocycles. The van der Waals surface area contributed by atoms with Gasteiger partial charge in [0.25, 0.3) is 5.91 Å². The summed E-state index contributed by atoms with van der Waals surface area (Å²) in [4.78, 5) is 27.8. The number of pyridine rings is 1. The summed E-state index contributed by atoms with van der Waals surface area (Å²) < 4.78 is 44.5. The Morgan fingerprint density at radius 3 is 2.30 bits per heavy atom. The highest BCUT2D eigenvalue weighted by Gasteiger charge is 2.33. The summed E-state index contributed by atoms with van der Waals surface area (Å²) in [5, 5.41) is 7.62. The monoisotopic (exact) mass is 477 g/mol. The molecule has 8 nitrogen and oxygen atoms in total. The van der Waals surface area contributed by atoms with Crippen LogP contribution in [0.2, 0.25) is 5.02 Å². The summed E-state index contributed by atoms with van der Waals surface area (Å²) >= 11 is 5.57. The Bertz CT molecular complexity index is 1190. The number of benzene rings is 2. The lowest BCUT2D eigenvalue weighted by molar-refractivity contribution is -0.137. The zero-order valence-corrected chi connectivity index (χ0v) is 17.4. The number of amides is 3. The summed E-state index contributed by atoms with van der Waals surface area (Å²) in [6.07, 6.45) is -3.27. The number of rotatable bonds is 6. The molecule has 0 unspecified atom stereocenters. The van der Waals surface area contributed by atoms with Crippen molar-refractivity contribution >= 4 is 41.6 Å². The lowest BCUT2D eigenvalue weighted by atomic mass is 10.2. The molecule has 3 amide bonds. The van der Waals surface area contributed by atoms with Gasteiger partial charge in [-0.15, -0.1) is 0 Å². The molecule has 12 heteroatoms. The van der Waals surface area contributed by atoms with E-state index in [1.807, 2.05) is 0 Å². The number of hydrogen-bond acceptors (Lipinski definition) is 5. The summed E-state index contributed by atoms with van der Waals surface area (Å²) in [6, 6.07) is 11.4. The maximum absolute atomic E-state index is 12.9. The van der Waals surface area contributed by atoms with Crippen LogP contribution in [0.15, 0.2) is 65.9 Å². The van der Waals surface area contributed by atoms with Crippen LogP contribution in [0.5, 0.6) is 11.5 Å². The number of carbonyl (C=O) groups is 2. The molecule has 0 saturated heterocycles. The molecule has 33 heavy (non-hydrogen) atoms. The lowest BCUT2D eigenvalue weighted by Crippen LogP contribution is -2.19. The van der Waals surface area contributed by atoms with Crippen molar-refractivity contribution in [1.82, 2.24) is 10.4 Å². The molecule has 0 radical (unpaired) electrons. The number of hydrazone groups is 1. The first kappa shape index (κ1) is 23.5. The van der Waals surface area contributed by atoms with Crippen molar-refractivity contribution in [3.63, 3.8) is 0 Å². The van der Waals surface area contributed by atoms with E-state index in [1.54, 1.807) is 18.2 Å². The zero-order chi connectivity index (χ0) is 24.0. The zero-order valence-electron chi connectivity index (χ0n) is 16.6. The van der Waals surface area contributed by atoms with E-state index in [0.29, 0.717) is 17.2 Å². The summed E-state index contributed by atoms with van der Waals surface area (Å²) in [7, 11) is 0. The molecule has 0 bridgehead atoms. The Morgan fingerprint density at radius 1 is 0.970 bits per heavy atom. The minimum absolute atomic E-state index is 0.0748. The van der Waals surface area contributed by atoms with Crippen LogP contribution in [0.3, 0.4) is 0 Å². The Balaban J connectivity index is 1.62. The normalized spacial score (nSPS) is 10.8. The van der Waals surface area contributed by atoms with E-state index in [9.17, 15) is 22.8 Å². The highest BCUT2D eigenvalue weighted by Crippen LogP contribution is 2.36. The average Bonchev–Trinajstić information content (AvgIpc) is 2.76. The van der Waals surface area contributed by atoms with Crippen LogP contribution < -0.4 is 20.8 Å². The first-order valence-electron chi connectivity index (χ1n) is 9.10. The molecule has 1 aromatic heterocycles. The fourth-order valence-corrected chi connectivity index (χ4v) is 2.81. The highest BCUT2D eigenvalue weighted by atomic mass is 35.5. The molecule has 2 aromatic carbocycles. The van der Waals surface area contributed by atoms with Gasteiger partial charge in [-0.3, -0.25) is 9.78 Å². The fraction of sp³-hybridized carbons (Fsp3) is 0.0476. The maximum atomic E-state index is 12.9. The van der Waals surface area contributed by atoms with E-state index in [0.717, 1.165) is 12.1 Å². The quantitative estimate of drug-likeness (QED) is 0.320. The number of halogens is 4. The Kier molecular flexibility index (Phi) is 7.13. The number of alkyl halides is 3. The highest BCUT2D eigenvalue weighted by molar-refractivity contribution is 6.31. The molecule has 0 aliphatic rings. The number of urea groups is 1. The molecular formula is C21H15ClF3N5O3. The SMILES string of the molecule is C=NNC(=O)c1cc(Oc2ccc(NC(=O)Nc3ccc(Cl)c(C(F)(F)F)c3)cc2)ccn1. The van der Waals surface area contributed by atoms with Crippen LogP contribution in [0, 0.1) is 0 Å². The maximum Gasteiger partial charge on any atom is 0.417 e. The van der Waals surface area contributed by atoms with Crippen molar-refractivity contribution in [2.24, 2.45) is 5.10 Å². The van der Waals surface area contributed by atoms with Crippen molar-refractivity contribution in [3.8, 4) is 11.5 Å².